The highest BCUT2D eigenvalue weighted by Gasteiger charge is 2.22. The molecule has 1 aromatic rings. The Kier molecular flexibility index (Phi) is 1.63. The van der Waals surface area contributed by atoms with Gasteiger partial charge >= 0.3 is 0 Å². The van der Waals surface area contributed by atoms with Crippen LogP contribution in [0.2, 0.25) is 0 Å². The summed E-state index contributed by atoms with van der Waals surface area (Å²) in [5.74, 6) is -0.0128. The summed E-state index contributed by atoms with van der Waals surface area (Å²) in [5.41, 5.74) is 0.847. The van der Waals surface area contributed by atoms with Gasteiger partial charge < -0.3 is 4.74 Å². The van der Waals surface area contributed by atoms with Crippen LogP contribution in [0.1, 0.15) is 11.7 Å². The third kappa shape index (κ3) is 1.09. The first-order valence-corrected chi connectivity index (χ1v) is 3.64. The van der Waals surface area contributed by atoms with Crippen molar-refractivity contribution >= 4 is 5.78 Å². The maximum absolute atomic E-state index is 11.1. The zero-order valence-electron chi connectivity index (χ0n) is 6.31. The zero-order chi connectivity index (χ0) is 8.39. The summed E-state index contributed by atoms with van der Waals surface area (Å²) in [6.07, 6.45) is 5.70. The van der Waals surface area contributed by atoms with E-state index >= 15 is 0 Å². The van der Waals surface area contributed by atoms with Crippen LogP contribution in [-0.2, 0) is 9.53 Å². The number of carbonyl (C=O) groups excluding carboxylic acids is 1. The second-order valence-corrected chi connectivity index (χ2v) is 2.50. The van der Waals surface area contributed by atoms with Crippen molar-refractivity contribution in [2.45, 2.75) is 6.10 Å². The Morgan fingerprint density at radius 2 is 2.08 bits per heavy atom. The summed E-state index contributed by atoms with van der Waals surface area (Å²) >= 11 is 0. The van der Waals surface area contributed by atoms with Gasteiger partial charge in [-0.2, -0.15) is 0 Å². The van der Waals surface area contributed by atoms with Gasteiger partial charge in [0.15, 0.2) is 6.10 Å². The van der Waals surface area contributed by atoms with E-state index in [0.29, 0.717) is 0 Å². The number of pyridine rings is 1. The minimum Gasteiger partial charge on any atom is -0.485 e. The van der Waals surface area contributed by atoms with Crippen molar-refractivity contribution in [3.63, 3.8) is 0 Å². The zero-order valence-corrected chi connectivity index (χ0v) is 6.31. The van der Waals surface area contributed by atoms with Gasteiger partial charge in [0.2, 0.25) is 5.78 Å². The normalized spacial score (nSPS) is 21.0. The van der Waals surface area contributed by atoms with Crippen LogP contribution >= 0.6 is 0 Å². The van der Waals surface area contributed by atoms with Crippen molar-refractivity contribution in [3.05, 3.63) is 42.4 Å². The van der Waals surface area contributed by atoms with Gasteiger partial charge in [0.1, 0.15) is 0 Å². The molecule has 0 aromatic carbocycles. The molecule has 60 valence electrons. The summed E-state index contributed by atoms with van der Waals surface area (Å²) in [5, 5.41) is 0. The Morgan fingerprint density at radius 3 is 2.67 bits per heavy atom. The Bertz CT molecular complexity index is 319. The van der Waals surface area contributed by atoms with Crippen LogP contribution in [0.5, 0.6) is 0 Å². The molecule has 0 bridgehead atoms. The maximum Gasteiger partial charge on any atom is 0.203 e. The van der Waals surface area contributed by atoms with Gasteiger partial charge in [-0.05, 0) is 12.1 Å². The molecule has 0 radical (unpaired) electrons. The predicted octanol–water partition coefficient (Wildman–Crippen LogP) is 1.24. The second-order valence-electron chi connectivity index (χ2n) is 2.50. The quantitative estimate of drug-likeness (QED) is 0.622. The lowest BCUT2D eigenvalue weighted by atomic mass is 10.1. The smallest absolute Gasteiger partial charge is 0.203 e. The molecule has 0 amide bonds. The summed E-state index contributed by atoms with van der Waals surface area (Å²) in [6.45, 7) is 0. The number of hydrogen-bond acceptors (Lipinski definition) is 3. The van der Waals surface area contributed by atoms with E-state index in [-0.39, 0.29) is 5.78 Å². The maximum atomic E-state index is 11.1. The molecule has 3 nitrogen and oxygen atoms in total. The average Bonchev–Trinajstić information content (AvgIpc) is 2.53. The third-order valence-corrected chi connectivity index (χ3v) is 1.71. The summed E-state index contributed by atoms with van der Waals surface area (Å²) in [7, 11) is 0. The fraction of sp³-hybridized carbons (Fsp3) is 0.111. The highest BCUT2D eigenvalue weighted by molar-refractivity contribution is 5.95. The molecule has 0 aliphatic carbocycles. The van der Waals surface area contributed by atoms with Crippen LogP contribution < -0.4 is 0 Å². The first-order valence-electron chi connectivity index (χ1n) is 3.64. The molecular weight excluding hydrogens is 154 g/mol. The molecule has 1 atom stereocenters. The van der Waals surface area contributed by atoms with Gasteiger partial charge in [0.25, 0.3) is 0 Å². The second kappa shape index (κ2) is 2.77. The van der Waals surface area contributed by atoms with E-state index < -0.39 is 6.10 Å². The number of carbonyl (C=O) groups is 1. The van der Waals surface area contributed by atoms with Gasteiger partial charge in [-0.1, -0.05) is 0 Å². The number of ketones is 1. The molecule has 2 rings (SSSR count). The predicted molar refractivity (Wildman–Crippen MR) is 42.2 cm³/mol. The minimum absolute atomic E-state index is 0.0128. The van der Waals surface area contributed by atoms with E-state index in [1.165, 1.54) is 12.3 Å². The summed E-state index contributed by atoms with van der Waals surface area (Å²) in [6, 6.07) is 3.55. The lowest BCUT2D eigenvalue weighted by molar-refractivity contribution is -0.120. The van der Waals surface area contributed by atoms with Crippen molar-refractivity contribution in [2.24, 2.45) is 0 Å². The first-order chi connectivity index (χ1) is 5.88. The summed E-state index contributed by atoms with van der Waals surface area (Å²) in [4.78, 5) is 15.0. The van der Waals surface area contributed by atoms with Crippen molar-refractivity contribution in [1.82, 2.24) is 4.98 Å². The molecular formula is C9H7NO2. The van der Waals surface area contributed by atoms with Crippen LogP contribution in [0.4, 0.5) is 0 Å². The summed E-state index contributed by atoms with van der Waals surface area (Å²) < 4.78 is 5.09. The van der Waals surface area contributed by atoms with E-state index in [9.17, 15) is 4.79 Å². The van der Waals surface area contributed by atoms with E-state index in [0.717, 1.165) is 5.56 Å². The first kappa shape index (κ1) is 7.03. The van der Waals surface area contributed by atoms with Crippen molar-refractivity contribution in [1.29, 1.82) is 0 Å². The molecule has 0 spiro atoms. The van der Waals surface area contributed by atoms with Crippen molar-refractivity contribution in [2.75, 3.05) is 0 Å². The fourth-order valence-corrected chi connectivity index (χ4v) is 1.12. The minimum atomic E-state index is -0.451. The van der Waals surface area contributed by atoms with Crippen LogP contribution in [-0.4, -0.2) is 10.8 Å². The van der Waals surface area contributed by atoms with Gasteiger partial charge in [-0.15, -0.1) is 0 Å². The monoisotopic (exact) mass is 161 g/mol. The molecule has 1 aromatic heterocycles. The van der Waals surface area contributed by atoms with Crippen LogP contribution in [0.3, 0.4) is 0 Å². The Hall–Kier alpha value is -1.64. The lowest BCUT2D eigenvalue weighted by Crippen LogP contribution is -2.05. The molecule has 0 N–H and O–H groups in total. The lowest BCUT2D eigenvalue weighted by Gasteiger charge is -2.07. The molecule has 0 fully saturated rings. The number of ether oxygens (including phenoxy) is 1. The Morgan fingerprint density at radius 1 is 1.33 bits per heavy atom. The van der Waals surface area contributed by atoms with E-state index in [1.54, 1.807) is 24.5 Å². The molecule has 2 heterocycles. The molecule has 1 unspecified atom stereocenters. The molecule has 12 heavy (non-hydrogen) atoms. The molecule has 1 aliphatic rings. The molecule has 1 aliphatic heterocycles. The van der Waals surface area contributed by atoms with Crippen LogP contribution in [0.25, 0.3) is 0 Å². The number of nitrogens with zero attached hydrogens (tertiary/aromatic N) is 1. The standard InChI is InChI=1S/C9H7NO2/c11-8-3-6-12-9(8)7-1-4-10-5-2-7/h1-6,9H. The van der Waals surface area contributed by atoms with E-state index in [2.05, 4.69) is 4.98 Å². The number of rotatable bonds is 1. The Labute approximate surface area is 69.7 Å². The molecule has 3 heteroatoms. The van der Waals surface area contributed by atoms with Gasteiger partial charge in [0.05, 0.1) is 6.26 Å². The number of aromatic nitrogens is 1. The van der Waals surface area contributed by atoms with Crippen LogP contribution in [0, 0.1) is 0 Å². The highest BCUT2D eigenvalue weighted by Crippen LogP contribution is 2.22. The Balaban J connectivity index is 2.27. The third-order valence-electron chi connectivity index (χ3n) is 1.71. The van der Waals surface area contributed by atoms with Gasteiger partial charge in [-0.3, -0.25) is 9.78 Å². The van der Waals surface area contributed by atoms with Crippen molar-refractivity contribution < 1.29 is 9.53 Å². The molecule has 0 saturated carbocycles. The van der Waals surface area contributed by atoms with Gasteiger partial charge in [-0.25, -0.2) is 0 Å². The molecule has 0 saturated heterocycles. The topological polar surface area (TPSA) is 39.2 Å². The highest BCUT2D eigenvalue weighted by atomic mass is 16.5. The fourth-order valence-electron chi connectivity index (χ4n) is 1.12. The largest absolute Gasteiger partial charge is 0.485 e. The van der Waals surface area contributed by atoms with Gasteiger partial charge in [0, 0.05) is 24.0 Å². The average molecular weight is 161 g/mol. The van der Waals surface area contributed by atoms with E-state index in [4.69, 9.17) is 4.74 Å². The van der Waals surface area contributed by atoms with E-state index in [1.807, 2.05) is 0 Å². The van der Waals surface area contributed by atoms with Crippen molar-refractivity contribution in [3.8, 4) is 0 Å². The van der Waals surface area contributed by atoms with Crippen LogP contribution in [0.15, 0.2) is 36.9 Å². The number of hydrogen-bond donors (Lipinski definition) is 0. The SMILES string of the molecule is O=C1C=COC1c1ccncc1.